The van der Waals surface area contributed by atoms with Crippen LogP contribution in [0.4, 0.5) is 13.2 Å². The van der Waals surface area contributed by atoms with Crippen LogP contribution in [0.3, 0.4) is 0 Å². The van der Waals surface area contributed by atoms with Crippen LogP contribution in [-0.2, 0) is 12.7 Å². The third-order valence-electron chi connectivity index (χ3n) is 2.67. The summed E-state index contributed by atoms with van der Waals surface area (Å²) in [4.78, 5) is 11.7. The van der Waals surface area contributed by atoms with Crippen molar-refractivity contribution in [2.24, 2.45) is 0 Å². The van der Waals surface area contributed by atoms with Gasteiger partial charge in [-0.05, 0) is 36.9 Å². The molecule has 0 amide bonds. The minimum atomic E-state index is -4.51. The zero-order valence-electron chi connectivity index (χ0n) is 10.7. The molecule has 110 valence electrons. The lowest BCUT2D eigenvalue weighted by Crippen LogP contribution is -2.16. The van der Waals surface area contributed by atoms with Crippen molar-refractivity contribution in [3.05, 3.63) is 39.8 Å². The fraction of sp³-hybridized carbons (Fsp3) is 0.250. The molecule has 2 rings (SSSR count). The van der Waals surface area contributed by atoms with Gasteiger partial charge in [-0.2, -0.15) is 18.4 Å². The van der Waals surface area contributed by atoms with Crippen LogP contribution >= 0.6 is 11.8 Å². The molecule has 1 aromatic carbocycles. The maximum Gasteiger partial charge on any atom is 0.416 e. The molecule has 0 unspecified atom stereocenters. The number of alkyl halides is 3. The number of nitrogens with zero attached hydrogens (tertiary/aromatic N) is 3. The van der Waals surface area contributed by atoms with Crippen molar-refractivity contribution in [1.82, 2.24) is 14.8 Å². The Kier molecular flexibility index (Phi) is 4.09. The summed E-state index contributed by atoms with van der Waals surface area (Å²) in [6.45, 7) is 2.10. The number of aromatic amines is 1. The quantitative estimate of drug-likeness (QED) is 0.945. The fourth-order valence-corrected chi connectivity index (χ4v) is 2.60. The number of rotatable bonds is 3. The van der Waals surface area contributed by atoms with Gasteiger partial charge in [-0.1, -0.05) is 0 Å². The predicted octanol–water partition coefficient (Wildman–Crippen LogP) is 2.63. The topological polar surface area (TPSA) is 74.5 Å². The lowest BCUT2D eigenvalue weighted by molar-refractivity contribution is -0.137. The molecule has 0 spiro atoms. The summed E-state index contributed by atoms with van der Waals surface area (Å²) >= 11 is 0.961. The molecular weight excluding hydrogens is 305 g/mol. The Morgan fingerprint density at radius 3 is 2.76 bits per heavy atom. The molecule has 21 heavy (non-hydrogen) atoms. The zero-order valence-corrected chi connectivity index (χ0v) is 11.5. The van der Waals surface area contributed by atoms with Crippen LogP contribution in [0.5, 0.6) is 0 Å². The van der Waals surface area contributed by atoms with E-state index in [1.54, 1.807) is 13.0 Å². The number of aromatic nitrogens is 3. The number of nitriles is 1. The lowest BCUT2D eigenvalue weighted by atomic mass is 10.1. The molecular formula is C12H9F3N4OS. The monoisotopic (exact) mass is 314 g/mol. The van der Waals surface area contributed by atoms with Gasteiger partial charge in [-0.25, -0.2) is 9.89 Å². The van der Waals surface area contributed by atoms with Crippen molar-refractivity contribution < 1.29 is 13.2 Å². The molecule has 0 atom stereocenters. The molecule has 0 radical (unpaired) electrons. The second-order valence-corrected chi connectivity index (χ2v) is 4.99. The summed E-state index contributed by atoms with van der Waals surface area (Å²) in [5, 5.41) is 15.3. The van der Waals surface area contributed by atoms with Crippen LogP contribution < -0.4 is 5.69 Å². The summed E-state index contributed by atoms with van der Waals surface area (Å²) in [7, 11) is 0. The fourth-order valence-electron chi connectivity index (χ4n) is 1.64. The smallest absolute Gasteiger partial charge is 0.270 e. The molecule has 9 heteroatoms. The SMILES string of the molecule is CCn1c(Sc2ccc(C(F)(F)F)cc2C#N)n[nH]c1=O. The molecule has 0 aliphatic heterocycles. The molecule has 0 saturated heterocycles. The van der Waals surface area contributed by atoms with E-state index in [1.807, 2.05) is 0 Å². The van der Waals surface area contributed by atoms with Crippen LogP contribution in [0.2, 0.25) is 0 Å². The van der Waals surface area contributed by atoms with Gasteiger partial charge in [0, 0.05) is 11.4 Å². The van der Waals surface area contributed by atoms with E-state index in [-0.39, 0.29) is 5.56 Å². The molecule has 0 bridgehead atoms. The largest absolute Gasteiger partial charge is 0.416 e. The van der Waals surface area contributed by atoms with Crippen molar-refractivity contribution in [2.45, 2.75) is 29.7 Å². The van der Waals surface area contributed by atoms with Gasteiger partial charge in [-0.15, -0.1) is 5.10 Å². The van der Waals surface area contributed by atoms with Gasteiger partial charge in [0.25, 0.3) is 0 Å². The first-order chi connectivity index (χ1) is 9.86. The van der Waals surface area contributed by atoms with E-state index in [0.29, 0.717) is 16.6 Å². The second kappa shape index (κ2) is 5.65. The molecule has 2 aromatic rings. The highest BCUT2D eigenvalue weighted by molar-refractivity contribution is 7.99. The van der Waals surface area contributed by atoms with Crippen molar-refractivity contribution in [3.8, 4) is 6.07 Å². The van der Waals surface area contributed by atoms with E-state index in [2.05, 4.69) is 10.2 Å². The highest BCUT2D eigenvalue weighted by Crippen LogP contribution is 2.34. The van der Waals surface area contributed by atoms with Gasteiger partial charge in [0.05, 0.1) is 11.1 Å². The second-order valence-electron chi connectivity index (χ2n) is 3.98. The van der Waals surface area contributed by atoms with E-state index in [1.165, 1.54) is 10.6 Å². The zero-order chi connectivity index (χ0) is 15.6. The summed E-state index contributed by atoms with van der Waals surface area (Å²) in [6.07, 6.45) is -4.51. The van der Waals surface area contributed by atoms with Crippen molar-refractivity contribution in [3.63, 3.8) is 0 Å². The third kappa shape index (κ3) is 3.11. The summed E-state index contributed by atoms with van der Waals surface area (Å²) in [5.74, 6) is 0. The number of H-pyrrole nitrogens is 1. The molecule has 0 aliphatic rings. The van der Waals surface area contributed by atoms with Gasteiger partial charge in [0.1, 0.15) is 6.07 Å². The number of halogens is 3. The summed E-state index contributed by atoms with van der Waals surface area (Å²) in [5.41, 5.74) is -1.42. The highest BCUT2D eigenvalue weighted by Gasteiger charge is 2.31. The van der Waals surface area contributed by atoms with Crippen molar-refractivity contribution >= 4 is 11.8 Å². The van der Waals surface area contributed by atoms with Gasteiger partial charge in [-0.3, -0.25) is 4.57 Å². The van der Waals surface area contributed by atoms with Gasteiger partial charge < -0.3 is 0 Å². The minimum absolute atomic E-state index is 0.118. The lowest BCUT2D eigenvalue weighted by Gasteiger charge is -2.09. The Hall–Kier alpha value is -2.21. The van der Waals surface area contributed by atoms with E-state index < -0.39 is 17.4 Å². The van der Waals surface area contributed by atoms with Crippen molar-refractivity contribution in [1.29, 1.82) is 5.26 Å². The standard InChI is InChI=1S/C12H9F3N4OS/c1-2-19-10(20)17-18-11(19)21-9-4-3-8(12(13,14)15)5-7(9)6-16/h3-5H,2H2,1H3,(H,17,20). The first-order valence-corrected chi connectivity index (χ1v) is 6.63. The Morgan fingerprint density at radius 2 is 2.19 bits per heavy atom. The van der Waals surface area contributed by atoms with E-state index in [4.69, 9.17) is 5.26 Å². The first-order valence-electron chi connectivity index (χ1n) is 5.81. The van der Waals surface area contributed by atoms with Gasteiger partial charge in [0.2, 0.25) is 0 Å². The van der Waals surface area contributed by atoms with E-state index in [0.717, 1.165) is 23.9 Å². The molecule has 1 aromatic heterocycles. The number of nitrogens with one attached hydrogen (secondary N) is 1. The van der Waals surface area contributed by atoms with E-state index in [9.17, 15) is 18.0 Å². The Morgan fingerprint density at radius 1 is 1.48 bits per heavy atom. The Bertz CT molecular complexity index is 757. The van der Waals surface area contributed by atoms with Crippen molar-refractivity contribution in [2.75, 3.05) is 0 Å². The molecule has 0 saturated carbocycles. The molecule has 0 aliphatic carbocycles. The van der Waals surface area contributed by atoms with Crippen LogP contribution in [0.1, 0.15) is 18.1 Å². The average molecular weight is 314 g/mol. The van der Waals surface area contributed by atoms with Crippen LogP contribution in [0.15, 0.2) is 33.0 Å². The van der Waals surface area contributed by atoms with Crippen LogP contribution in [0, 0.1) is 11.3 Å². The first kappa shape index (κ1) is 15.2. The average Bonchev–Trinajstić information content (AvgIpc) is 2.78. The number of benzene rings is 1. The van der Waals surface area contributed by atoms with E-state index >= 15 is 0 Å². The van der Waals surface area contributed by atoms with Crippen LogP contribution in [0.25, 0.3) is 0 Å². The maximum absolute atomic E-state index is 12.6. The van der Waals surface area contributed by atoms with Gasteiger partial charge >= 0.3 is 11.9 Å². The highest BCUT2D eigenvalue weighted by atomic mass is 32.2. The normalized spacial score (nSPS) is 11.4. The van der Waals surface area contributed by atoms with Gasteiger partial charge in [0.15, 0.2) is 5.16 Å². The Balaban J connectivity index is 2.41. The summed E-state index contributed by atoms with van der Waals surface area (Å²) in [6, 6.07) is 4.60. The summed E-state index contributed by atoms with van der Waals surface area (Å²) < 4.78 is 39.1. The molecule has 0 fully saturated rings. The number of hydrogen-bond donors (Lipinski definition) is 1. The predicted molar refractivity (Wildman–Crippen MR) is 68.8 cm³/mol. The minimum Gasteiger partial charge on any atom is -0.270 e. The maximum atomic E-state index is 12.6. The van der Waals surface area contributed by atoms with Crippen LogP contribution in [-0.4, -0.2) is 14.8 Å². The Labute approximate surface area is 121 Å². The molecule has 5 nitrogen and oxygen atoms in total. The number of hydrogen-bond acceptors (Lipinski definition) is 4. The molecule has 1 N–H and O–H groups in total. The molecule has 1 heterocycles. The third-order valence-corrected chi connectivity index (χ3v) is 3.74.